The number of aliphatic hydroxyl groups is 2. The number of ether oxygens (including phenoxy) is 1. The molecular formula is C9H18O3. The molecule has 12 heavy (non-hydrogen) atoms. The second-order valence-corrected chi connectivity index (χ2v) is 3.95. The number of rotatable bonds is 1. The van der Waals surface area contributed by atoms with Crippen LogP contribution < -0.4 is 0 Å². The Hall–Kier alpha value is -0.120. The molecule has 72 valence electrons. The van der Waals surface area contributed by atoms with E-state index in [0.717, 1.165) is 6.42 Å². The van der Waals surface area contributed by atoms with Crippen LogP contribution in [0.15, 0.2) is 0 Å². The van der Waals surface area contributed by atoms with Gasteiger partial charge in [-0.25, -0.2) is 0 Å². The van der Waals surface area contributed by atoms with Crippen LogP contribution >= 0.6 is 0 Å². The van der Waals surface area contributed by atoms with Gasteiger partial charge in [0.1, 0.15) is 0 Å². The zero-order valence-electron chi connectivity index (χ0n) is 7.95. The van der Waals surface area contributed by atoms with E-state index in [1.54, 1.807) is 6.92 Å². The molecule has 0 aromatic rings. The fraction of sp³-hybridized carbons (Fsp3) is 1.00. The summed E-state index contributed by atoms with van der Waals surface area (Å²) >= 11 is 0. The maximum Gasteiger partial charge on any atom is 0.155 e. The Morgan fingerprint density at radius 3 is 2.58 bits per heavy atom. The molecular weight excluding hydrogens is 156 g/mol. The van der Waals surface area contributed by atoms with Gasteiger partial charge in [0.15, 0.2) is 6.29 Å². The Bertz CT molecular complexity index is 160. The monoisotopic (exact) mass is 174 g/mol. The first kappa shape index (κ1) is 9.96. The first-order chi connectivity index (χ1) is 5.49. The van der Waals surface area contributed by atoms with E-state index in [0.29, 0.717) is 6.42 Å². The molecule has 0 aromatic heterocycles. The third-order valence-corrected chi connectivity index (χ3v) is 2.98. The molecule has 1 aliphatic rings. The zero-order chi connectivity index (χ0) is 9.35. The van der Waals surface area contributed by atoms with Gasteiger partial charge in [0, 0.05) is 11.8 Å². The van der Waals surface area contributed by atoms with E-state index in [-0.39, 0.29) is 11.5 Å². The Morgan fingerprint density at radius 1 is 1.50 bits per heavy atom. The fourth-order valence-electron chi connectivity index (χ4n) is 1.81. The van der Waals surface area contributed by atoms with Crippen LogP contribution in [0.2, 0.25) is 0 Å². The average Bonchev–Trinajstić information content (AvgIpc) is 2.00. The van der Waals surface area contributed by atoms with Crippen molar-refractivity contribution in [2.45, 2.75) is 52.1 Å². The highest BCUT2D eigenvalue weighted by Gasteiger charge is 2.42. The first-order valence-corrected chi connectivity index (χ1v) is 4.51. The van der Waals surface area contributed by atoms with E-state index < -0.39 is 12.4 Å². The molecule has 0 amide bonds. The first-order valence-electron chi connectivity index (χ1n) is 4.51. The lowest BCUT2D eigenvalue weighted by atomic mass is 9.75. The second-order valence-electron chi connectivity index (χ2n) is 3.95. The summed E-state index contributed by atoms with van der Waals surface area (Å²) < 4.78 is 5.10. The number of hydrogen-bond acceptors (Lipinski definition) is 3. The van der Waals surface area contributed by atoms with Gasteiger partial charge >= 0.3 is 0 Å². The normalized spacial score (nSPS) is 49.2. The Kier molecular flexibility index (Phi) is 2.76. The van der Waals surface area contributed by atoms with Crippen molar-refractivity contribution in [2.24, 2.45) is 5.41 Å². The third kappa shape index (κ3) is 1.63. The summed E-state index contributed by atoms with van der Waals surface area (Å²) in [6.07, 6.45) is -0.0635. The van der Waals surface area contributed by atoms with Crippen LogP contribution in [0.4, 0.5) is 0 Å². The van der Waals surface area contributed by atoms with E-state index >= 15 is 0 Å². The van der Waals surface area contributed by atoms with Gasteiger partial charge in [0.2, 0.25) is 0 Å². The molecule has 0 aromatic carbocycles. The predicted molar refractivity (Wildman–Crippen MR) is 45.6 cm³/mol. The zero-order valence-corrected chi connectivity index (χ0v) is 7.95. The van der Waals surface area contributed by atoms with Crippen LogP contribution in [0.3, 0.4) is 0 Å². The molecule has 2 N–H and O–H groups in total. The minimum Gasteiger partial charge on any atom is -0.390 e. The van der Waals surface area contributed by atoms with Crippen LogP contribution in [0.25, 0.3) is 0 Å². The van der Waals surface area contributed by atoms with Crippen molar-refractivity contribution >= 4 is 0 Å². The fourth-order valence-corrected chi connectivity index (χ4v) is 1.81. The molecule has 1 fully saturated rings. The van der Waals surface area contributed by atoms with Crippen molar-refractivity contribution in [3.8, 4) is 0 Å². The molecule has 1 aliphatic heterocycles. The molecule has 0 spiro atoms. The standard InChI is InChI=1S/C9H18O3/c1-4-9(3)5-7(10)12-6(2)8(9)11/h6-8,10-11H,4-5H2,1-3H3. The summed E-state index contributed by atoms with van der Waals surface area (Å²) in [5.41, 5.74) is -0.197. The SMILES string of the molecule is CCC1(C)CC(O)OC(C)C1O. The summed E-state index contributed by atoms with van der Waals surface area (Å²) in [7, 11) is 0. The highest BCUT2D eigenvalue weighted by molar-refractivity contribution is 4.89. The molecule has 3 nitrogen and oxygen atoms in total. The van der Waals surface area contributed by atoms with Gasteiger partial charge in [-0.05, 0) is 13.3 Å². The van der Waals surface area contributed by atoms with Crippen LogP contribution in [0.5, 0.6) is 0 Å². The predicted octanol–water partition coefficient (Wildman–Crippen LogP) is 0.891. The average molecular weight is 174 g/mol. The van der Waals surface area contributed by atoms with Crippen molar-refractivity contribution in [1.29, 1.82) is 0 Å². The summed E-state index contributed by atoms with van der Waals surface area (Å²) in [6.45, 7) is 5.80. The van der Waals surface area contributed by atoms with Gasteiger partial charge in [0.05, 0.1) is 12.2 Å². The van der Waals surface area contributed by atoms with Crippen molar-refractivity contribution in [2.75, 3.05) is 0 Å². The van der Waals surface area contributed by atoms with Gasteiger partial charge in [0.25, 0.3) is 0 Å². The minimum atomic E-state index is -0.714. The molecule has 0 aliphatic carbocycles. The van der Waals surface area contributed by atoms with Crippen molar-refractivity contribution < 1.29 is 14.9 Å². The Morgan fingerprint density at radius 2 is 2.08 bits per heavy atom. The lowest BCUT2D eigenvalue weighted by molar-refractivity contribution is -0.236. The van der Waals surface area contributed by atoms with Crippen molar-refractivity contribution in [3.63, 3.8) is 0 Å². The summed E-state index contributed by atoms with van der Waals surface area (Å²) in [5.74, 6) is 0. The maximum absolute atomic E-state index is 9.78. The summed E-state index contributed by atoms with van der Waals surface area (Å²) in [4.78, 5) is 0. The molecule has 1 saturated heterocycles. The van der Waals surface area contributed by atoms with E-state index in [4.69, 9.17) is 4.74 Å². The summed E-state index contributed by atoms with van der Waals surface area (Å²) in [5, 5.41) is 19.1. The van der Waals surface area contributed by atoms with Gasteiger partial charge in [-0.2, -0.15) is 0 Å². The van der Waals surface area contributed by atoms with E-state index in [2.05, 4.69) is 0 Å². The van der Waals surface area contributed by atoms with Gasteiger partial charge < -0.3 is 14.9 Å². The lowest BCUT2D eigenvalue weighted by Crippen LogP contribution is -2.49. The van der Waals surface area contributed by atoms with Crippen LogP contribution in [0, 0.1) is 5.41 Å². The summed E-state index contributed by atoms with van der Waals surface area (Å²) in [6, 6.07) is 0. The molecule has 3 heteroatoms. The van der Waals surface area contributed by atoms with Crippen molar-refractivity contribution in [3.05, 3.63) is 0 Å². The van der Waals surface area contributed by atoms with Gasteiger partial charge in [-0.3, -0.25) is 0 Å². The topological polar surface area (TPSA) is 49.7 Å². The smallest absolute Gasteiger partial charge is 0.155 e. The van der Waals surface area contributed by atoms with Gasteiger partial charge in [-0.15, -0.1) is 0 Å². The molecule has 0 bridgehead atoms. The van der Waals surface area contributed by atoms with Crippen LogP contribution in [0.1, 0.15) is 33.6 Å². The Labute approximate surface area is 73.4 Å². The van der Waals surface area contributed by atoms with Crippen molar-refractivity contribution in [1.82, 2.24) is 0 Å². The molecule has 1 heterocycles. The van der Waals surface area contributed by atoms with Crippen LogP contribution in [-0.2, 0) is 4.74 Å². The number of hydrogen-bond donors (Lipinski definition) is 2. The molecule has 4 unspecified atom stereocenters. The molecule has 1 rings (SSSR count). The highest BCUT2D eigenvalue weighted by atomic mass is 16.6. The van der Waals surface area contributed by atoms with Gasteiger partial charge in [-0.1, -0.05) is 13.8 Å². The molecule has 0 saturated carbocycles. The molecule has 0 radical (unpaired) electrons. The van der Waals surface area contributed by atoms with E-state index in [1.165, 1.54) is 0 Å². The molecule has 4 atom stereocenters. The maximum atomic E-state index is 9.78. The number of aliphatic hydroxyl groups excluding tert-OH is 2. The largest absolute Gasteiger partial charge is 0.390 e. The highest BCUT2D eigenvalue weighted by Crippen LogP contribution is 2.38. The van der Waals surface area contributed by atoms with E-state index in [1.807, 2.05) is 13.8 Å². The van der Waals surface area contributed by atoms with E-state index in [9.17, 15) is 10.2 Å². The minimum absolute atomic E-state index is 0.197. The lowest BCUT2D eigenvalue weighted by Gasteiger charge is -2.43. The quantitative estimate of drug-likeness (QED) is 0.620. The van der Waals surface area contributed by atoms with Crippen LogP contribution in [-0.4, -0.2) is 28.7 Å². The Balaban J connectivity index is 2.72. The third-order valence-electron chi connectivity index (χ3n) is 2.98. The second kappa shape index (κ2) is 3.32.